The van der Waals surface area contributed by atoms with Crippen molar-refractivity contribution in [2.75, 3.05) is 11.1 Å². The number of nitrogens with one attached hydrogen (secondary N) is 1. The molecule has 3 N–H and O–H groups in total. The van der Waals surface area contributed by atoms with Crippen molar-refractivity contribution in [3.63, 3.8) is 0 Å². The first-order valence-corrected chi connectivity index (χ1v) is 6.42. The highest BCUT2D eigenvalue weighted by atomic mass is 79.9. The van der Waals surface area contributed by atoms with Crippen molar-refractivity contribution >= 4 is 44.6 Å². The Bertz CT molecular complexity index is 579. The minimum Gasteiger partial charge on any atom is -0.399 e. The number of nitrogen functional groups attached to an aromatic ring is 1. The molecule has 0 spiro atoms. The first-order chi connectivity index (χ1) is 8.47. The summed E-state index contributed by atoms with van der Waals surface area (Å²) in [5, 5.41) is 3.48. The fourth-order valence-corrected chi connectivity index (χ4v) is 2.52. The van der Waals surface area contributed by atoms with Crippen molar-refractivity contribution in [1.82, 2.24) is 0 Å². The van der Waals surface area contributed by atoms with E-state index in [1.54, 1.807) is 6.07 Å². The Kier molecular flexibility index (Phi) is 3.78. The second kappa shape index (κ2) is 5.16. The van der Waals surface area contributed by atoms with Gasteiger partial charge in [0.15, 0.2) is 0 Å². The van der Waals surface area contributed by atoms with Gasteiger partial charge in [0.25, 0.3) is 0 Å². The van der Waals surface area contributed by atoms with Crippen LogP contribution in [-0.2, 0) is 0 Å². The summed E-state index contributed by atoms with van der Waals surface area (Å²) in [5.74, 6) is -0.383. The topological polar surface area (TPSA) is 38.0 Å². The number of benzene rings is 2. The molecule has 0 aliphatic rings. The van der Waals surface area contributed by atoms with Gasteiger partial charge in [-0.3, -0.25) is 0 Å². The van der Waals surface area contributed by atoms with Crippen molar-refractivity contribution in [3.8, 4) is 0 Å². The lowest BCUT2D eigenvalue weighted by Crippen LogP contribution is -1.97. The van der Waals surface area contributed by atoms with Crippen LogP contribution in [0.2, 0.25) is 5.02 Å². The van der Waals surface area contributed by atoms with Crippen molar-refractivity contribution < 1.29 is 4.39 Å². The van der Waals surface area contributed by atoms with Crippen LogP contribution in [0.15, 0.2) is 34.8 Å². The van der Waals surface area contributed by atoms with Crippen LogP contribution in [0, 0.1) is 12.7 Å². The van der Waals surface area contributed by atoms with Gasteiger partial charge in [-0.25, -0.2) is 4.39 Å². The molecule has 2 rings (SSSR count). The van der Waals surface area contributed by atoms with Crippen LogP contribution < -0.4 is 11.1 Å². The molecular weight excluding hydrogens is 319 g/mol. The van der Waals surface area contributed by atoms with E-state index in [0.29, 0.717) is 20.9 Å². The molecule has 0 fully saturated rings. The van der Waals surface area contributed by atoms with Gasteiger partial charge in [0.05, 0.1) is 10.7 Å². The maximum Gasteiger partial charge on any atom is 0.125 e. The lowest BCUT2D eigenvalue weighted by Gasteiger charge is -2.13. The zero-order valence-electron chi connectivity index (χ0n) is 9.60. The van der Waals surface area contributed by atoms with E-state index in [-0.39, 0.29) is 5.82 Å². The fraction of sp³-hybridized carbons (Fsp3) is 0.0769. The van der Waals surface area contributed by atoms with Gasteiger partial charge in [-0.2, -0.15) is 0 Å². The van der Waals surface area contributed by atoms with Crippen LogP contribution in [0.25, 0.3) is 0 Å². The third-order valence-electron chi connectivity index (χ3n) is 2.52. The number of rotatable bonds is 2. The molecule has 94 valence electrons. The van der Waals surface area contributed by atoms with Crippen LogP contribution in [0.3, 0.4) is 0 Å². The first kappa shape index (κ1) is 13.2. The summed E-state index contributed by atoms with van der Waals surface area (Å²) in [6.07, 6.45) is 0. The van der Waals surface area contributed by atoms with E-state index < -0.39 is 0 Å². The van der Waals surface area contributed by atoms with Crippen molar-refractivity contribution in [2.45, 2.75) is 6.92 Å². The normalized spacial score (nSPS) is 10.4. The van der Waals surface area contributed by atoms with Gasteiger partial charge in [-0.15, -0.1) is 0 Å². The molecule has 0 saturated heterocycles. The average molecular weight is 330 g/mol. The largest absolute Gasteiger partial charge is 0.399 e. The van der Waals surface area contributed by atoms with Crippen molar-refractivity contribution in [3.05, 3.63) is 51.2 Å². The smallest absolute Gasteiger partial charge is 0.125 e. The van der Waals surface area contributed by atoms with Crippen LogP contribution in [0.1, 0.15) is 5.56 Å². The molecule has 0 aromatic heterocycles. The molecule has 0 radical (unpaired) electrons. The highest BCUT2D eigenvalue weighted by Crippen LogP contribution is 2.35. The number of hydrogen-bond donors (Lipinski definition) is 2. The van der Waals surface area contributed by atoms with E-state index in [4.69, 9.17) is 17.3 Å². The number of aryl methyl sites for hydroxylation is 1. The van der Waals surface area contributed by atoms with E-state index in [1.165, 1.54) is 12.1 Å². The van der Waals surface area contributed by atoms with Crippen molar-refractivity contribution in [2.24, 2.45) is 0 Å². The van der Waals surface area contributed by atoms with Gasteiger partial charge in [-0.05, 0) is 58.7 Å². The predicted molar refractivity (Wildman–Crippen MR) is 78.0 cm³/mol. The molecule has 0 saturated carbocycles. The molecule has 18 heavy (non-hydrogen) atoms. The molecule has 0 aliphatic carbocycles. The number of hydrogen-bond acceptors (Lipinski definition) is 2. The van der Waals surface area contributed by atoms with Crippen molar-refractivity contribution in [1.29, 1.82) is 0 Å². The minimum atomic E-state index is -0.383. The molecule has 0 aliphatic heterocycles. The van der Waals surface area contributed by atoms with E-state index in [0.717, 1.165) is 11.3 Å². The Hall–Kier alpha value is -1.26. The Morgan fingerprint density at radius 1 is 1.28 bits per heavy atom. The molecule has 0 heterocycles. The van der Waals surface area contributed by atoms with Gasteiger partial charge in [0.1, 0.15) is 5.82 Å². The number of nitrogens with two attached hydrogens (primary N) is 1. The second-order valence-electron chi connectivity index (χ2n) is 3.94. The fourth-order valence-electron chi connectivity index (χ4n) is 1.62. The molecular formula is C13H11BrClFN2. The Balaban J connectivity index is 2.40. The van der Waals surface area contributed by atoms with Gasteiger partial charge in [-0.1, -0.05) is 11.6 Å². The molecule has 5 heteroatoms. The third kappa shape index (κ3) is 2.76. The van der Waals surface area contributed by atoms with Gasteiger partial charge in [0, 0.05) is 15.8 Å². The zero-order valence-corrected chi connectivity index (χ0v) is 11.9. The summed E-state index contributed by atoms with van der Waals surface area (Å²) < 4.78 is 13.7. The minimum absolute atomic E-state index is 0.318. The quantitative estimate of drug-likeness (QED) is 0.771. The SMILES string of the molecule is Cc1cc(N)ccc1Nc1c(Cl)cc(F)cc1Br. The predicted octanol–water partition coefficient (Wildman–Crippen LogP) is 4.88. The maximum atomic E-state index is 13.1. The summed E-state index contributed by atoms with van der Waals surface area (Å²) in [6.45, 7) is 1.93. The van der Waals surface area contributed by atoms with Crippen LogP contribution in [0.4, 0.5) is 21.5 Å². The van der Waals surface area contributed by atoms with Crippen LogP contribution >= 0.6 is 27.5 Å². The lowest BCUT2D eigenvalue weighted by molar-refractivity contribution is 0.627. The summed E-state index contributed by atoms with van der Waals surface area (Å²) in [7, 11) is 0. The zero-order chi connectivity index (χ0) is 13.3. The first-order valence-electron chi connectivity index (χ1n) is 5.25. The van der Waals surface area contributed by atoms with Crippen LogP contribution in [-0.4, -0.2) is 0 Å². The number of halogens is 3. The Morgan fingerprint density at radius 2 is 2.00 bits per heavy atom. The summed E-state index contributed by atoms with van der Waals surface area (Å²) >= 11 is 9.29. The molecule has 0 bridgehead atoms. The maximum absolute atomic E-state index is 13.1. The highest BCUT2D eigenvalue weighted by molar-refractivity contribution is 9.10. The standard InChI is InChI=1S/C13H11BrClFN2/c1-7-4-9(17)2-3-12(7)18-13-10(14)5-8(16)6-11(13)15/h2-6,18H,17H2,1H3. The molecule has 0 atom stereocenters. The number of anilines is 3. The third-order valence-corrected chi connectivity index (χ3v) is 3.44. The Morgan fingerprint density at radius 3 is 2.61 bits per heavy atom. The summed E-state index contributed by atoms with van der Waals surface area (Å²) in [5.41, 5.74) is 8.88. The molecule has 0 unspecified atom stereocenters. The monoisotopic (exact) mass is 328 g/mol. The lowest BCUT2D eigenvalue weighted by atomic mass is 10.1. The second-order valence-corrected chi connectivity index (χ2v) is 5.21. The van der Waals surface area contributed by atoms with E-state index >= 15 is 0 Å². The average Bonchev–Trinajstić information content (AvgIpc) is 2.25. The van der Waals surface area contributed by atoms with Gasteiger partial charge in [0.2, 0.25) is 0 Å². The molecule has 2 nitrogen and oxygen atoms in total. The van der Waals surface area contributed by atoms with Crippen LogP contribution in [0.5, 0.6) is 0 Å². The summed E-state index contributed by atoms with van der Waals surface area (Å²) in [6, 6.07) is 8.13. The van der Waals surface area contributed by atoms with Gasteiger partial charge < -0.3 is 11.1 Å². The molecule has 2 aromatic rings. The van der Waals surface area contributed by atoms with E-state index in [1.807, 2.05) is 19.1 Å². The summed E-state index contributed by atoms with van der Waals surface area (Å²) in [4.78, 5) is 0. The van der Waals surface area contributed by atoms with E-state index in [9.17, 15) is 4.39 Å². The van der Waals surface area contributed by atoms with Gasteiger partial charge >= 0.3 is 0 Å². The molecule has 2 aromatic carbocycles. The molecule has 0 amide bonds. The highest BCUT2D eigenvalue weighted by Gasteiger charge is 2.09. The van der Waals surface area contributed by atoms with E-state index in [2.05, 4.69) is 21.2 Å². The Labute approximate surface area is 118 Å².